The number of hydrogen-bond acceptors (Lipinski definition) is 4. The van der Waals surface area contributed by atoms with Crippen LogP contribution in [0, 0.1) is 0 Å². The summed E-state index contributed by atoms with van der Waals surface area (Å²) in [5, 5.41) is 20.4. The average Bonchev–Trinajstić information content (AvgIpc) is 1.84. The molecule has 0 aromatic carbocycles. The van der Waals surface area contributed by atoms with Gasteiger partial charge in [-0.1, -0.05) is 0 Å². The van der Waals surface area contributed by atoms with Gasteiger partial charge in [0.05, 0.1) is 12.8 Å². The molecule has 0 aliphatic carbocycles. The fourth-order valence-electron chi connectivity index (χ4n) is 0.357. The van der Waals surface area contributed by atoms with Crippen LogP contribution >= 0.6 is 0 Å². The Balaban J connectivity index is 2.57. The predicted octanol–water partition coefficient (Wildman–Crippen LogP) is -1.74. The molecule has 0 saturated heterocycles. The first-order valence-corrected chi connectivity index (χ1v) is 1.92. The third kappa shape index (κ3) is 0.880. The topological polar surface area (TPSA) is 64.8 Å². The number of aliphatic hydroxyl groups is 2. The minimum Gasteiger partial charge on any atom is -0.360 e. The second-order valence-electron chi connectivity index (χ2n) is 1.47. The van der Waals surface area contributed by atoms with Crippen LogP contribution in [0.1, 0.15) is 0 Å². The summed E-state index contributed by atoms with van der Waals surface area (Å²) < 4.78 is 0. The summed E-state index contributed by atoms with van der Waals surface area (Å²) in [7, 11) is 0. The quantitative estimate of drug-likeness (QED) is 0.318. The molecule has 0 unspecified atom stereocenters. The zero-order chi connectivity index (χ0) is 5.33. The van der Waals surface area contributed by atoms with Gasteiger partial charge >= 0.3 is 0 Å². The summed E-state index contributed by atoms with van der Waals surface area (Å²) in [5.41, 5.74) is 2.38. The Labute approximate surface area is 40.5 Å². The molecule has 1 aliphatic rings. The second-order valence-corrected chi connectivity index (χ2v) is 1.47. The largest absolute Gasteiger partial charge is 0.360 e. The Kier molecular flexibility index (Phi) is 0.765. The van der Waals surface area contributed by atoms with Gasteiger partial charge in [-0.15, -0.1) is 0 Å². The SMILES string of the molecule is OC1(O)C=NNC1. The number of β-amino-alcohol motifs (C(OH)–C–C–N with tert-alkyl or cyclic N) is 2. The van der Waals surface area contributed by atoms with Crippen LogP contribution in [0.4, 0.5) is 0 Å². The van der Waals surface area contributed by atoms with Gasteiger partial charge in [0, 0.05) is 0 Å². The van der Waals surface area contributed by atoms with Crippen molar-refractivity contribution in [1.82, 2.24) is 5.43 Å². The molecular weight excluding hydrogens is 96.0 g/mol. The van der Waals surface area contributed by atoms with E-state index in [0.717, 1.165) is 6.21 Å². The van der Waals surface area contributed by atoms with E-state index in [-0.39, 0.29) is 6.54 Å². The summed E-state index contributed by atoms with van der Waals surface area (Å²) in [6.07, 6.45) is 1.05. The van der Waals surface area contributed by atoms with Gasteiger partial charge in [-0.05, 0) is 0 Å². The van der Waals surface area contributed by atoms with Crippen molar-refractivity contribution in [2.45, 2.75) is 5.79 Å². The first-order valence-electron chi connectivity index (χ1n) is 1.92. The van der Waals surface area contributed by atoms with E-state index in [9.17, 15) is 0 Å². The lowest BCUT2D eigenvalue weighted by Crippen LogP contribution is -2.33. The highest BCUT2D eigenvalue weighted by Crippen LogP contribution is 1.96. The first-order chi connectivity index (χ1) is 3.21. The molecule has 7 heavy (non-hydrogen) atoms. The number of nitrogens with one attached hydrogen (secondary N) is 1. The van der Waals surface area contributed by atoms with E-state index in [2.05, 4.69) is 10.5 Å². The van der Waals surface area contributed by atoms with Crippen molar-refractivity contribution in [2.75, 3.05) is 6.54 Å². The Hall–Kier alpha value is -0.610. The number of nitrogens with zero attached hydrogens (tertiary/aromatic N) is 1. The molecular formula is C3H6N2O2. The zero-order valence-electron chi connectivity index (χ0n) is 3.63. The van der Waals surface area contributed by atoms with Gasteiger partial charge in [0.25, 0.3) is 0 Å². The van der Waals surface area contributed by atoms with Crippen molar-refractivity contribution in [2.24, 2.45) is 5.10 Å². The molecule has 0 bridgehead atoms. The van der Waals surface area contributed by atoms with Crippen LogP contribution in [0.5, 0.6) is 0 Å². The fraction of sp³-hybridized carbons (Fsp3) is 0.667. The molecule has 0 aromatic heterocycles. The minimum absolute atomic E-state index is 0.0903. The van der Waals surface area contributed by atoms with Gasteiger partial charge in [0.2, 0.25) is 5.79 Å². The zero-order valence-corrected chi connectivity index (χ0v) is 3.63. The van der Waals surface area contributed by atoms with Gasteiger partial charge in [0.1, 0.15) is 0 Å². The maximum absolute atomic E-state index is 8.54. The van der Waals surface area contributed by atoms with Crippen LogP contribution in [0.2, 0.25) is 0 Å². The molecule has 1 rings (SSSR count). The van der Waals surface area contributed by atoms with E-state index >= 15 is 0 Å². The number of hydrogen-bond donors (Lipinski definition) is 3. The minimum atomic E-state index is -1.71. The van der Waals surface area contributed by atoms with Crippen molar-refractivity contribution < 1.29 is 10.2 Å². The normalized spacial score (nSPS) is 24.9. The molecule has 0 spiro atoms. The summed E-state index contributed by atoms with van der Waals surface area (Å²) in [5.74, 6) is -1.71. The van der Waals surface area contributed by atoms with Crippen molar-refractivity contribution in [3.63, 3.8) is 0 Å². The van der Waals surface area contributed by atoms with Crippen LogP contribution in [0.25, 0.3) is 0 Å². The standard InChI is InChI=1S/C3H6N2O2/c6-3(7)1-4-5-2-3/h1,5-7H,2H2. The molecule has 4 heteroatoms. The predicted molar refractivity (Wildman–Crippen MR) is 23.7 cm³/mol. The molecule has 0 fully saturated rings. The van der Waals surface area contributed by atoms with Crippen molar-refractivity contribution in [1.29, 1.82) is 0 Å². The van der Waals surface area contributed by atoms with Crippen molar-refractivity contribution >= 4 is 6.21 Å². The molecule has 0 saturated carbocycles. The Morgan fingerprint density at radius 1 is 1.71 bits per heavy atom. The van der Waals surface area contributed by atoms with Crippen molar-refractivity contribution in [3.8, 4) is 0 Å². The highest BCUT2D eigenvalue weighted by atomic mass is 16.5. The third-order valence-corrected chi connectivity index (χ3v) is 0.702. The molecule has 1 heterocycles. The molecule has 0 radical (unpaired) electrons. The molecule has 3 N–H and O–H groups in total. The average molecular weight is 102 g/mol. The Bertz CT molecular complexity index is 99.1. The van der Waals surface area contributed by atoms with Gasteiger partial charge in [-0.25, -0.2) is 0 Å². The molecule has 0 aromatic rings. The van der Waals surface area contributed by atoms with E-state index in [4.69, 9.17) is 10.2 Å². The summed E-state index contributed by atoms with van der Waals surface area (Å²) in [6, 6.07) is 0. The third-order valence-electron chi connectivity index (χ3n) is 0.702. The van der Waals surface area contributed by atoms with Crippen LogP contribution in [0.3, 0.4) is 0 Å². The maximum atomic E-state index is 8.54. The van der Waals surface area contributed by atoms with Gasteiger partial charge in [-0.3, -0.25) is 0 Å². The molecule has 1 aliphatic heterocycles. The van der Waals surface area contributed by atoms with E-state index < -0.39 is 5.79 Å². The number of rotatable bonds is 0. The van der Waals surface area contributed by atoms with Crippen LogP contribution in [0.15, 0.2) is 5.10 Å². The van der Waals surface area contributed by atoms with Crippen LogP contribution in [-0.4, -0.2) is 28.8 Å². The molecule has 0 atom stereocenters. The smallest absolute Gasteiger partial charge is 0.221 e. The Morgan fingerprint density at radius 3 is 2.57 bits per heavy atom. The molecule has 0 amide bonds. The van der Waals surface area contributed by atoms with E-state index in [1.807, 2.05) is 0 Å². The number of hydrazone groups is 1. The van der Waals surface area contributed by atoms with E-state index in [1.54, 1.807) is 0 Å². The fourth-order valence-corrected chi connectivity index (χ4v) is 0.357. The monoisotopic (exact) mass is 102 g/mol. The van der Waals surface area contributed by atoms with Gasteiger partial charge < -0.3 is 15.6 Å². The van der Waals surface area contributed by atoms with E-state index in [1.165, 1.54) is 0 Å². The van der Waals surface area contributed by atoms with Crippen LogP contribution in [-0.2, 0) is 0 Å². The highest BCUT2D eigenvalue weighted by molar-refractivity contribution is 5.67. The van der Waals surface area contributed by atoms with Crippen molar-refractivity contribution in [3.05, 3.63) is 0 Å². The lowest BCUT2D eigenvalue weighted by Gasteiger charge is -2.06. The summed E-state index contributed by atoms with van der Waals surface area (Å²) >= 11 is 0. The van der Waals surface area contributed by atoms with Gasteiger partial charge in [-0.2, -0.15) is 5.10 Å². The van der Waals surface area contributed by atoms with Gasteiger partial charge in [0.15, 0.2) is 0 Å². The summed E-state index contributed by atoms with van der Waals surface area (Å²) in [6.45, 7) is 0.0903. The second kappa shape index (κ2) is 1.18. The molecule has 40 valence electrons. The van der Waals surface area contributed by atoms with E-state index in [0.29, 0.717) is 0 Å². The van der Waals surface area contributed by atoms with Crippen LogP contribution < -0.4 is 5.43 Å². The first kappa shape index (κ1) is 4.55. The lowest BCUT2D eigenvalue weighted by molar-refractivity contribution is -0.0836. The molecule has 4 nitrogen and oxygen atoms in total. The summed E-state index contributed by atoms with van der Waals surface area (Å²) in [4.78, 5) is 0. The maximum Gasteiger partial charge on any atom is 0.221 e. The lowest BCUT2D eigenvalue weighted by atomic mass is 10.3. The Morgan fingerprint density at radius 2 is 2.43 bits per heavy atom. The highest BCUT2D eigenvalue weighted by Gasteiger charge is 2.23.